The number of nitriles is 1. The van der Waals surface area contributed by atoms with Crippen molar-refractivity contribution in [3.05, 3.63) is 0 Å². The van der Waals surface area contributed by atoms with Gasteiger partial charge in [0.1, 0.15) is 5.78 Å². The second-order valence-electron chi connectivity index (χ2n) is 39.6. The van der Waals surface area contributed by atoms with Crippen molar-refractivity contribution in [2.45, 2.75) is 358 Å². The van der Waals surface area contributed by atoms with Gasteiger partial charge in [-0.2, -0.15) is 31.6 Å². The fraction of sp³-hybridized carbons (Fsp3) is 0.974. The third-order valence-electron chi connectivity index (χ3n) is 23.2. The smallest absolute Gasteiger partial charge is 0.390 e. The van der Waals surface area contributed by atoms with Crippen LogP contribution in [0.1, 0.15) is 340 Å². The zero-order valence-corrected chi connectivity index (χ0v) is 63.4. The van der Waals surface area contributed by atoms with Crippen LogP contribution in [0.25, 0.3) is 0 Å². The monoisotopic (exact) mass is 1280 g/mol. The van der Waals surface area contributed by atoms with E-state index in [1.165, 1.54) is 86.0 Å². The van der Waals surface area contributed by atoms with E-state index in [0.29, 0.717) is 54.5 Å². The number of hydrogen-bond acceptors (Lipinski definition) is 5. The van der Waals surface area contributed by atoms with Gasteiger partial charge in [0.2, 0.25) is 0 Å². The molecule has 6 aliphatic carbocycles. The number of alkyl halides is 6. The maximum atomic E-state index is 12.6. The zero-order valence-electron chi connectivity index (χ0n) is 63.4. The van der Waals surface area contributed by atoms with Gasteiger partial charge >= 0.3 is 12.4 Å². The molecule has 534 valence electrons. The van der Waals surface area contributed by atoms with Crippen LogP contribution >= 0.6 is 0 Å². The molecule has 11 heteroatoms. The normalized spacial score (nSPS) is 23.0. The Bertz CT molecular complexity index is 1980. The Kier molecular flexibility index (Phi) is 32.2. The molecule has 1 N–H and O–H groups in total. The van der Waals surface area contributed by atoms with Crippen molar-refractivity contribution in [3.63, 3.8) is 0 Å². The maximum absolute atomic E-state index is 12.6. The number of ether oxygens (including phenoxy) is 2. The van der Waals surface area contributed by atoms with Gasteiger partial charge in [0, 0.05) is 24.0 Å². The van der Waals surface area contributed by atoms with Crippen LogP contribution in [0.2, 0.25) is 0 Å². The predicted octanol–water partition coefficient (Wildman–Crippen LogP) is 25.6. The third-order valence-corrected chi connectivity index (χ3v) is 23.2. The number of rotatable bonds is 3. The van der Waals surface area contributed by atoms with Crippen LogP contribution in [-0.4, -0.2) is 55.3 Å². The molecule has 2 heterocycles. The number of carbonyl (C=O) groups is 1. The van der Waals surface area contributed by atoms with Crippen molar-refractivity contribution in [2.24, 2.45) is 105 Å². The summed E-state index contributed by atoms with van der Waals surface area (Å²) >= 11 is 0. The van der Waals surface area contributed by atoms with E-state index in [4.69, 9.17) is 14.7 Å². The number of Topliss-reactive ketones (excluding diaryl/α,β-unsaturated/α-hetero) is 1. The number of aliphatic hydroxyl groups is 1. The lowest BCUT2D eigenvalue weighted by molar-refractivity contribution is -0.247. The van der Waals surface area contributed by atoms with E-state index >= 15 is 0 Å². The van der Waals surface area contributed by atoms with E-state index in [9.17, 15) is 36.2 Å². The van der Waals surface area contributed by atoms with Gasteiger partial charge < -0.3 is 14.6 Å². The molecule has 0 aromatic carbocycles. The molecule has 0 bridgehead atoms. The van der Waals surface area contributed by atoms with Gasteiger partial charge in [0.05, 0.1) is 42.1 Å². The Morgan fingerprint density at radius 3 is 0.854 bits per heavy atom. The van der Waals surface area contributed by atoms with Crippen LogP contribution < -0.4 is 0 Å². The van der Waals surface area contributed by atoms with Gasteiger partial charge in [0.25, 0.3) is 0 Å². The minimum Gasteiger partial charge on any atom is -0.390 e. The molecule has 0 spiro atoms. The van der Waals surface area contributed by atoms with Gasteiger partial charge in [-0.25, -0.2) is 0 Å². The van der Waals surface area contributed by atoms with Gasteiger partial charge in [0.15, 0.2) is 0 Å². The molecule has 8 fully saturated rings. The Balaban J connectivity index is -0.000000936. The van der Waals surface area contributed by atoms with Crippen molar-refractivity contribution < 1.29 is 45.7 Å². The number of halogens is 6. The molecule has 3 unspecified atom stereocenters. The van der Waals surface area contributed by atoms with Crippen LogP contribution in [0, 0.1) is 116 Å². The highest BCUT2D eigenvalue weighted by molar-refractivity contribution is 5.85. The molecule has 6 saturated carbocycles. The summed E-state index contributed by atoms with van der Waals surface area (Å²) < 4.78 is 85.6. The minimum atomic E-state index is -4.36. The lowest BCUT2D eigenvalue weighted by Crippen LogP contribution is -2.49. The fourth-order valence-corrected chi connectivity index (χ4v) is 12.1. The predicted molar refractivity (Wildman–Crippen MR) is 371 cm³/mol. The Morgan fingerprint density at radius 1 is 0.472 bits per heavy atom. The lowest BCUT2D eigenvalue weighted by atomic mass is 9.56. The second-order valence-corrected chi connectivity index (χ2v) is 39.6. The topological polar surface area (TPSA) is 79.5 Å². The van der Waals surface area contributed by atoms with Crippen molar-refractivity contribution in [1.29, 1.82) is 5.26 Å². The Hall–Kier alpha value is -1.38. The van der Waals surface area contributed by atoms with Crippen LogP contribution in [0.15, 0.2) is 0 Å². The van der Waals surface area contributed by atoms with Crippen molar-refractivity contribution in [1.82, 2.24) is 0 Å². The molecule has 89 heavy (non-hydrogen) atoms. The Morgan fingerprint density at radius 2 is 0.820 bits per heavy atom. The first-order chi connectivity index (χ1) is 37.9. The van der Waals surface area contributed by atoms with Gasteiger partial charge in [-0.1, -0.05) is 236 Å². The van der Waals surface area contributed by atoms with Crippen LogP contribution in [0.5, 0.6) is 0 Å². The number of carbonyl (C=O) groups excluding carboxylic acids is 1. The number of hydrogen-bond donors (Lipinski definition) is 1. The van der Waals surface area contributed by atoms with Crippen LogP contribution in [0.4, 0.5) is 26.3 Å². The quantitative estimate of drug-likeness (QED) is 0.285. The van der Waals surface area contributed by atoms with Gasteiger partial charge in [-0.05, 0) is 181 Å². The van der Waals surface area contributed by atoms with Crippen LogP contribution in [-0.2, 0) is 14.3 Å². The minimum absolute atomic E-state index is 0. The van der Waals surface area contributed by atoms with E-state index in [1.54, 1.807) is 27.7 Å². The number of ketones is 1. The molecule has 0 amide bonds. The molecular weight excluding hydrogens is 1130 g/mol. The summed E-state index contributed by atoms with van der Waals surface area (Å²) in [5.74, 6) is -1.76. The van der Waals surface area contributed by atoms with E-state index in [0.717, 1.165) is 70.9 Å². The van der Waals surface area contributed by atoms with Crippen LogP contribution in [0.3, 0.4) is 0 Å². The number of nitrogens with zero attached hydrogens (tertiary/aromatic N) is 1. The zero-order chi connectivity index (χ0) is 69.7. The second kappa shape index (κ2) is 31.2. The summed E-state index contributed by atoms with van der Waals surface area (Å²) in [5.41, 5.74) is 2.06. The SMILES string of the molecule is C.C.CC(=O)C1(C(C)(C)C)CC1.CC(C)(C)C(C(C)(C)O)C(F)(F)F.CC(C)(C)C(C1CC1)C(F)(F)F.CC(C)(C)C1(C#N)CC1.CC(C)(C)C1(C)CC1.CC(C)(C)C1(C)CC1.CC(C)(C)C1(C)CCC1.CC(C)(C)C1(C)COC1.CC(C)(C)C1CCOC1. The molecule has 2 aliphatic heterocycles. The summed E-state index contributed by atoms with van der Waals surface area (Å²) in [4.78, 5) is 11.2. The van der Waals surface area contributed by atoms with Gasteiger partial charge in [-0.15, -0.1) is 0 Å². The van der Waals surface area contributed by atoms with Crippen molar-refractivity contribution >= 4 is 5.78 Å². The molecule has 0 aromatic heterocycles. The first-order valence-corrected chi connectivity index (χ1v) is 33.9. The molecule has 8 aliphatic rings. The summed E-state index contributed by atoms with van der Waals surface area (Å²) in [5, 5.41) is 18.2. The molecule has 3 atom stereocenters. The first-order valence-electron chi connectivity index (χ1n) is 33.9. The highest BCUT2D eigenvalue weighted by Crippen LogP contribution is 2.61. The summed E-state index contributed by atoms with van der Waals surface area (Å²) in [6.45, 7) is 74.5. The van der Waals surface area contributed by atoms with Gasteiger partial charge in [-0.3, -0.25) is 4.79 Å². The molecule has 8 rings (SSSR count). The van der Waals surface area contributed by atoms with E-state index in [1.807, 2.05) is 0 Å². The maximum Gasteiger partial charge on any atom is 0.395 e. The average Bonchev–Trinajstić information content (AvgIpc) is 3.99. The average molecular weight is 1280 g/mol. The molecule has 0 radical (unpaired) electrons. The van der Waals surface area contributed by atoms with E-state index in [-0.39, 0.29) is 42.4 Å². The highest BCUT2D eigenvalue weighted by atomic mass is 19.4. The van der Waals surface area contributed by atoms with Crippen molar-refractivity contribution in [2.75, 3.05) is 26.4 Å². The Labute approximate surface area is 549 Å². The first kappa shape index (κ1) is 91.8. The third kappa shape index (κ3) is 28.5. The fourth-order valence-electron chi connectivity index (χ4n) is 12.1. The molecule has 2 saturated heterocycles. The standard InChI is InChI=1S/C9H17F3O.C9H15F3.C9H16O.C9H18.C8H13N.2C8H16O.2C8H16.2CH4/c1-7(2,3)6(8(4,5)13)9(10,11)12;1-8(2,3)7(6-4-5-6)9(10,11)12;1-7(10)9(5-6-9)8(2,3)4;1-8(2,3)9(4)6-5-7-9;1-7(2,3)8(6-9)4-5-8;1-7(2,3)8(4)5-9-6-8;1-8(2,3)7-4-5-9-6-7;2*1-7(2,3)8(4)5-6-8;;/h6,13H,1-5H3;6-7H,4-5H2,1-3H3;5-6H2,1-4H3;5-7H2,1-4H3;4-5H2,1-3H3;5-6H2,1-4H3;7H,4-6H2,1-3H3;2*5-6H2,1-4H3;2*1H4. The highest BCUT2D eigenvalue weighted by Gasteiger charge is 2.57. The summed E-state index contributed by atoms with van der Waals surface area (Å²) in [7, 11) is 0. The van der Waals surface area contributed by atoms with E-state index < -0.39 is 40.6 Å². The lowest BCUT2D eigenvalue weighted by Gasteiger charge is -2.49. The molecular formula is C78H151F6NO4. The molecule has 0 aromatic rings. The largest absolute Gasteiger partial charge is 0.395 e. The summed E-state index contributed by atoms with van der Waals surface area (Å²) in [6.07, 6.45) is 8.89. The van der Waals surface area contributed by atoms with E-state index in [2.05, 4.69) is 179 Å². The summed E-state index contributed by atoms with van der Waals surface area (Å²) in [6, 6.07) is 2.39. The van der Waals surface area contributed by atoms with Crippen molar-refractivity contribution in [3.8, 4) is 6.07 Å². The molecule has 5 nitrogen and oxygen atoms in total.